The molecule has 0 N–H and O–H groups in total. The molecule has 0 amide bonds. The zero-order valence-corrected chi connectivity index (χ0v) is 10.8. The van der Waals surface area contributed by atoms with Crippen molar-refractivity contribution in [1.82, 2.24) is 19.7 Å². The predicted molar refractivity (Wildman–Crippen MR) is 70.5 cm³/mol. The molecule has 0 aliphatic carbocycles. The van der Waals surface area contributed by atoms with Crippen LogP contribution in [0.4, 0.5) is 4.39 Å². The molecule has 3 aromatic rings. The van der Waals surface area contributed by atoms with E-state index in [1.807, 2.05) is 6.92 Å². The Kier molecular flexibility index (Phi) is 2.91. The first-order valence-corrected chi connectivity index (χ1v) is 6.14. The number of hydrogen-bond donors (Lipinski definition) is 0. The number of nitrogens with zero attached hydrogens (tertiary/aromatic N) is 4. The monoisotopic (exact) mass is 276 g/mol. The van der Waals surface area contributed by atoms with Crippen LogP contribution in [-0.4, -0.2) is 19.7 Å². The lowest BCUT2D eigenvalue weighted by Crippen LogP contribution is -2.09. The van der Waals surface area contributed by atoms with E-state index in [0.717, 1.165) is 5.56 Å². The van der Waals surface area contributed by atoms with E-state index in [9.17, 15) is 4.39 Å². The Morgan fingerprint density at radius 3 is 2.68 bits per heavy atom. The van der Waals surface area contributed by atoms with Crippen LogP contribution in [0.5, 0.6) is 0 Å². The van der Waals surface area contributed by atoms with Gasteiger partial charge in [-0.3, -0.25) is 0 Å². The van der Waals surface area contributed by atoms with Crippen LogP contribution in [0.15, 0.2) is 36.7 Å². The number of rotatable bonds is 2. The third-order valence-electron chi connectivity index (χ3n) is 2.99. The molecule has 0 unspecified atom stereocenters. The molecule has 0 aliphatic rings. The van der Waals surface area contributed by atoms with E-state index in [4.69, 9.17) is 11.6 Å². The van der Waals surface area contributed by atoms with Gasteiger partial charge in [0, 0.05) is 0 Å². The quantitative estimate of drug-likeness (QED) is 0.722. The van der Waals surface area contributed by atoms with E-state index in [2.05, 4.69) is 15.1 Å². The zero-order valence-electron chi connectivity index (χ0n) is 10.1. The van der Waals surface area contributed by atoms with Crippen molar-refractivity contribution in [2.45, 2.75) is 13.0 Å². The van der Waals surface area contributed by atoms with Crippen molar-refractivity contribution >= 4 is 22.8 Å². The topological polar surface area (TPSA) is 43.6 Å². The minimum Gasteiger partial charge on any atom is -0.248 e. The molecule has 6 heteroatoms. The number of aromatic nitrogens is 4. The Morgan fingerprint density at radius 2 is 1.95 bits per heavy atom. The highest BCUT2D eigenvalue weighted by Crippen LogP contribution is 2.22. The SMILES string of the molecule is C[C@@H](c1ccc(F)cc1)n1ncc2ncc(Cl)nc21. The maximum Gasteiger partial charge on any atom is 0.178 e. The van der Waals surface area contributed by atoms with Crippen molar-refractivity contribution in [2.75, 3.05) is 0 Å². The molecule has 0 spiro atoms. The molecular weight excluding hydrogens is 267 g/mol. The molecular formula is C13H10ClFN4. The Bertz CT molecular complexity index is 723. The van der Waals surface area contributed by atoms with Crippen molar-refractivity contribution in [3.05, 3.63) is 53.2 Å². The molecule has 96 valence electrons. The molecule has 19 heavy (non-hydrogen) atoms. The van der Waals surface area contributed by atoms with Crippen molar-refractivity contribution in [3.8, 4) is 0 Å². The second kappa shape index (κ2) is 4.59. The first-order chi connectivity index (χ1) is 9.15. The molecule has 4 nitrogen and oxygen atoms in total. The molecule has 2 aromatic heterocycles. The van der Waals surface area contributed by atoms with Crippen LogP contribution in [0.3, 0.4) is 0 Å². The van der Waals surface area contributed by atoms with Gasteiger partial charge in [-0.25, -0.2) is 19.0 Å². The summed E-state index contributed by atoms with van der Waals surface area (Å²) in [5.41, 5.74) is 2.23. The third-order valence-corrected chi connectivity index (χ3v) is 3.17. The van der Waals surface area contributed by atoms with Crippen LogP contribution >= 0.6 is 11.6 Å². The molecule has 1 atom stereocenters. The van der Waals surface area contributed by atoms with Crippen molar-refractivity contribution in [1.29, 1.82) is 0 Å². The van der Waals surface area contributed by atoms with Gasteiger partial charge in [-0.05, 0) is 24.6 Å². The molecule has 2 heterocycles. The van der Waals surface area contributed by atoms with Crippen LogP contribution < -0.4 is 0 Å². The molecule has 0 aliphatic heterocycles. The molecule has 0 bridgehead atoms. The molecule has 0 fully saturated rings. The van der Waals surface area contributed by atoms with E-state index in [1.54, 1.807) is 23.0 Å². The van der Waals surface area contributed by atoms with E-state index < -0.39 is 0 Å². The Hall–Kier alpha value is -2.01. The first kappa shape index (κ1) is 12.0. The molecule has 0 radical (unpaired) electrons. The standard InChI is InChI=1S/C13H10ClFN4/c1-8(9-2-4-10(15)5-3-9)19-13-11(6-17-19)16-7-12(14)18-13/h2-8H,1H3/t8-/m0/s1. The van der Waals surface area contributed by atoms with Crippen molar-refractivity contribution in [2.24, 2.45) is 0 Å². The van der Waals surface area contributed by atoms with Gasteiger partial charge >= 0.3 is 0 Å². The lowest BCUT2D eigenvalue weighted by Gasteiger charge is -2.13. The van der Waals surface area contributed by atoms with Gasteiger partial charge in [0.1, 0.15) is 16.5 Å². The van der Waals surface area contributed by atoms with Gasteiger partial charge in [-0.15, -0.1) is 0 Å². The van der Waals surface area contributed by atoms with Gasteiger partial charge in [0.05, 0.1) is 18.4 Å². The number of halogens is 2. The largest absolute Gasteiger partial charge is 0.248 e. The summed E-state index contributed by atoms with van der Waals surface area (Å²) in [6.45, 7) is 1.96. The summed E-state index contributed by atoms with van der Waals surface area (Å²) in [6.07, 6.45) is 3.12. The average Bonchev–Trinajstić information content (AvgIpc) is 2.81. The summed E-state index contributed by atoms with van der Waals surface area (Å²) < 4.78 is 14.7. The summed E-state index contributed by atoms with van der Waals surface area (Å²) in [5, 5.41) is 4.59. The van der Waals surface area contributed by atoms with Gasteiger partial charge in [0.2, 0.25) is 0 Å². The van der Waals surface area contributed by atoms with E-state index in [1.165, 1.54) is 18.3 Å². The predicted octanol–water partition coefficient (Wildman–Crippen LogP) is 3.23. The zero-order chi connectivity index (χ0) is 13.4. The molecule has 0 saturated carbocycles. The summed E-state index contributed by atoms with van der Waals surface area (Å²) in [6, 6.07) is 6.23. The fraction of sp³-hybridized carbons (Fsp3) is 0.154. The van der Waals surface area contributed by atoms with Gasteiger partial charge in [0.15, 0.2) is 5.65 Å². The summed E-state index contributed by atoms with van der Waals surface area (Å²) in [7, 11) is 0. The average molecular weight is 277 g/mol. The van der Waals surface area contributed by atoms with E-state index in [-0.39, 0.29) is 11.9 Å². The summed E-state index contributed by atoms with van der Waals surface area (Å²) >= 11 is 5.85. The van der Waals surface area contributed by atoms with Crippen LogP contribution in [0, 0.1) is 5.82 Å². The minimum atomic E-state index is -0.260. The molecule has 1 aromatic carbocycles. The van der Waals surface area contributed by atoms with Crippen LogP contribution in [0.1, 0.15) is 18.5 Å². The normalized spacial score (nSPS) is 12.8. The Balaban J connectivity index is 2.08. The van der Waals surface area contributed by atoms with Crippen LogP contribution in [-0.2, 0) is 0 Å². The smallest absolute Gasteiger partial charge is 0.178 e. The Morgan fingerprint density at radius 1 is 1.21 bits per heavy atom. The fourth-order valence-electron chi connectivity index (χ4n) is 1.97. The second-order valence-electron chi connectivity index (χ2n) is 4.22. The van der Waals surface area contributed by atoms with Crippen LogP contribution in [0.25, 0.3) is 11.2 Å². The highest BCUT2D eigenvalue weighted by Gasteiger charge is 2.14. The number of benzene rings is 1. The minimum absolute atomic E-state index is 0.0779. The van der Waals surface area contributed by atoms with Gasteiger partial charge in [-0.2, -0.15) is 5.10 Å². The highest BCUT2D eigenvalue weighted by atomic mass is 35.5. The molecule has 3 rings (SSSR count). The van der Waals surface area contributed by atoms with Crippen LogP contribution in [0.2, 0.25) is 5.15 Å². The lowest BCUT2D eigenvalue weighted by atomic mass is 10.1. The van der Waals surface area contributed by atoms with Gasteiger partial charge in [0.25, 0.3) is 0 Å². The van der Waals surface area contributed by atoms with Crippen molar-refractivity contribution < 1.29 is 4.39 Å². The number of fused-ring (bicyclic) bond motifs is 1. The van der Waals surface area contributed by atoms with E-state index >= 15 is 0 Å². The lowest BCUT2D eigenvalue weighted by molar-refractivity contribution is 0.575. The highest BCUT2D eigenvalue weighted by molar-refractivity contribution is 6.29. The maximum atomic E-state index is 12.9. The number of hydrogen-bond acceptors (Lipinski definition) is 3. The van der Waals surface area contributed by atoms with Gasteiger partial charge < -0.3 is 0 Å². The third kappa shape index (κ3) is 2.17. The van der Waals surface area contributed by atoms with Gasteiger partial charge in [-0.1, -0.05) is 23.7 Å². The Labute approximate surface area is 113 Å². The first-order valence-electron chi connectivity index (χ1n) is 5.76. The second-order valence-corrected chi connectivity index (χ2v) is 4.61. The van der Waals surface area contributed by atoms with E-state index in [0.29, 0.717) is 16.3 Å². The summed E-state index contributed by atoms with van der Waals surface area (Å²) in [4.78, 5) is 8.38. The molecule has 0 saturated heterocycles. The maximum absolute atomic E-state index is 12.9. The van der Waals surface area contributed by atoms with Crippen molar-refractivity contribution in [3.63, 3.8) is 0 Å². The summed E-state index contributed by atoms with van der Waals surface area (Å²) in [5.74, 6) is -0.260. The fourth-order valence-corrected chi connectivity index (χ4v) is 2.09.